The summed E-state index contributed by atoms with van der Waals surface area (Å²) in [5.74, 6) is 1.57. The summed E-state index contributed by atoms with van der Waals surface area (Å²) in [4.78, 5) is 18.1. The zero-order valence-corrected chi connectivity index (χ0v) is 19.6. The molecule has 0 aliphatic rings. The fourth-order valence-electron chi connectivity index (χ4n) is 3.60. The van der Waals surface area contributed by atoms with Crippen LogP contribution in [0.2, 0.25) is 10.0 Å². The van der Waals surface area contributed by atoms with E-state index in [0.717, 1.165) is 5.39 Å². The zero-order valence-electron chi connectivity index (χ0n) is 18.1. The van der Waals surface area contributed by atoms with Crippen LogP contribution in [0.15, 0.2) is 75.0 Å². The van der Waals surface area contributed by atoms with Crippen LogP contribution in [0.5, 0.6) is 11.5 Å². The number of halogens is 2. The quantitative estimate of drug-likeness (QED) is 0.280. The summed E-state index contributed by atoms with van der Waals surface area (Å²) < 4.78 is 17.8. The van der Waals surface area contributed by atoms with Gasteiger partial charge in [0.15, 0.2) is 17.3 Å². The van der Waals surface area contributed by atoms with E-state index in [1.165, 1.54) is 25.1 Å². The summed E-state index contributed by atoms with van der Waals surface area (Å²) in [6, 6.07) is 17.4. The minimum Gasteiger partial charge on any atom is -0.493 e. The second-order valence-electron chi connectivity index (χ2n) is 7.34. The third-order valence-corrected chi connectivity index (χ3v) is 5.83. The van der Waals surface area contributed by atoms with Crippen LogP contribution in [0.1, 0.15) is 5.56 Å². The Morgan fingerprint density at radius 2 is 1.76 bits per heavy atom. The van der Waals surface area contributed by atoms with Gasteiger partial charge in [-0.3, -0.25) is 4.79 Å². The van der Waals surface area contributed by atoms with Crippen LogP contribution in [0.4, 0.5) is 0 Å². The first-order valence-corrected chi connectivity index (χ1v) is 10.9. The SMILES string of the molecule is COc1cc(Cl)c(C=Nn2c(-c3cc4cc(Cl)ccc4o3)nc3ccccc3c2=O)cc1OC. The van der Waals surface area contributed by atoms with Crippen molar-refractivity contribution in [2.45, 2.75) is 0 Å². The first kappa shape index (κ1) is 22.0. The molecule has 5 rings (SSSR count). The number of ether oxygens (including phenoxy) is 2. The lowest BCUT2D eigenvalue weighted by Gasteiger charge is -2.10. The van der Waals surface area contributed by atoms with Crippen LogP contribution in [0.3, 0.4) is 0 Å². The number of hydrogen-bond acceptors (Lipinski definition) is 6. The van der Waals surface area contributed by atoms with Crippen molar-refractivity contribution in [1.82, 2.24) is 9.66 Å². The van der Waals surface area contributed by atoms with E-state index in [1.54, 1.807) is 54.6 Å². The lowest BCUT2D eigenvalue weighted by Crippen LogP contribution is -2.20. The Balaban J connectivity index is 1.71. The minimum atomic E-state index is -0.355. The zero-order chi connectivity index (χ0) is 23.8. The Kier molecular flexibility index (Phi) is 5.73. The highest BCUT2D eigenvalue weighted by atomic mass is 35.5. The molecule has 0 bridgehead atoms. The first-order chi connectivity index (χ1) is 16.5. The van der Waals surface area contributed by atoms with E-state index in [2.05, 4.69) is 10.1 Å². The van der Waals surface area contributed by atoms with E-state index in [4.69, 9.17) is 37.1 Å². The average Bonchev–Trinajstić information content (AvgIpc) is 3.26. The Morgan fingerprint density at radius 3 is 2.56 bits per heavy atom. The van der Waals surface area contributed by atoms with Crippen LogP contribution in [0, 0.1) is 0 Å². The molecule has 5 aromatic rings. The minimum absolute atomic E-state index is 0.240. The van der Waals surface area contributed by atoms with E-state index in [-0.39, 0.29) is 11.4 Å². The van der Waals surface area contributed by atoms with Gasteiger partial charge in [0, 0.05) is 22.0 Å². The Labute approximate surface area is 203 Å². The van der Waals surface area contributed by atoms with E-state index < -0.39 is 0 Å². The summed E-state index contributed by atoms with van der Waals surface area (Å²) in [6.45, 7) is 0. The van der Waals surface area contributed by atoms with Gasteiger partial charge in [-0.1, -0.05) is 35.3 Å². The van der Waals surface area contributed by atoms with Crippen molar-refractivity contribution in [2.24, 2.45) is 5.10 Å². The normalized spacial score (nSPS) is 11.5. The summed E-state index contributed by atoms with van der Waals surface area (Å²) in [7, 11) is 3.05. The number of para-hydroxylation sites is 1. The predicted molar refractivity (Wildman–Crippen MR) is 134 cm³/mol. The Hall–Kier alpha value is -3.81. The lowest BCUT2D eigenvalue weighted by molar-refractivity contribution is 0.355. The highest BCUT2D eigenvalue weighted by Crippen LogP contribution is 2.33. The molecule has 34 heavy (non-hydrogen) atoms. The van der Waals surface area contributed by atoms with Crippen LogP contribution in [0.25, 0.3) is 33.5 Å². The third kappa shape index (κ3) is 3.89. The van der Waals surface area contributed by atoms with Crippen LogP contribution in [-0.4, -0.2) is 30.1 Å². The molecule has 0 aliphatic heterocycles. The molecule has 3 aromatic carbocycles. The van der Waals surface area contributed by atoms with Gasteiger partial charge < -0.3 is 13.9 Å². The van der Waals surface area contributed by atoms with Crippen molar-refractivity contribution in [2.75, 3.05) is 14.2 Å². The van der Waals surface area contributed by atoms with Gasteiger partial charge in [0.2, 0.25) is 5.82 Å². The topological polar surface area (TPSA) is 78.9 Å². The molecule has 170 valence electrons. The maximum Gasteiger partial charge on any atom is 0.282 e. The molecular formula is C25H17Cl2N3O4. The molecule has 0 radical (unpaired) electrons. The lowest BCUT2D eigenvalue weighted by atomic mass is 10.2. The van der Waals surface area contributed by atoms with Gasteiger partial charge in [0.1, 0.15) is 5.58 Å². The van der Waals surface area contributed by atoms with Gasteiger partial charge in [-0.2, -0.15) is 9.78 Å². The van der Waals surface area contributed by atoms with Gasteiger partial charge >= 0.3 is 0 Å². The molecule has 0 fully saturated rings. The highest BCUT2D eigenvalue weighted by Gasteiger charge is 2.17. The van der Waals surface area contributed by atoms with Crippen LogP contribution < -0.4 is 15.0 Å². The average molecular weight is 494 g/mol. The third-order valence-electron chi connectivity index (χ3n) is 5.27. The van der Waals surface area contributed by atoms with E-state index >= 15 is 0 Å². The van der Waals surface area contributed by atoms with E-state index in [0.29, 0.717) is 49.4 Å². The highest BCUT2D eigenvalue weighted by molar-refractivity contribution is 6.33. The molecule has 0 amide bonds. The number of hydrogen-bond donors (Lipinski definition) is 0. The molecule has 0 saturated carbocycles. The number of aromatic nitrogens is 2. The van der Waals surface area contributed by atoms with Crippen molar-refractivity contribution in [3.05, 3.63) is 86.6 Å². The Morgan fingerprint density at radius 1 is 1.00 bits per heavy atom. The number of furan rings is 1. The van der Waals surface area contributed by atoms with Gasteiger partial charge in [0.25, 0.3) is 5.56 Å². The molecule has 2 aromatic heterocycles. The van der Waals surface area contributed by atoms with Crippen molar-refractivity contribution >= 4 is 51.3 Å². The summed E-state index contributed by atoms with van der Waals surface area (Å²) in [5.41, 5.74) is 1.31. The monoisotopic (exact) mass is 493 g/mol. The molecule has 7 nitrogen and oxygen atoms in total. The summed E-state index contributed by atoms with van der Waals surface area (Å²) >= 11 is 12.5. The van der Waals surface area contributed by atoms with Gasteiger partial charge in [-0.15, -0.1) is 0 Å². The van der Waals surface area contributed by atoms with Crippen LogP contribution >= 0.6 is 23.2 Å². The van der Waals surface area contributed by atoms with Crippen molar-refractivity contribution in [3.8, 4) is 23.1 Å². The maximum atomic E-state index is 13.4. The number of rotatable bonds is 5. The van der Waals surface area contributed by atoms with Crippen molar-refractivity contribution in [1.29, 1.82) is 0 Å². The molecule has 0 atom stereocenters. The maximum absolute atomic E-state index is 13.4. The number of methoxy groups -OCH3 is 2. The van der Waals surface area contributed by atoms with Gasteiger partial charge in [-0.25, -0.2) is 4.98 Å². The fraction of sp³-hybridized carbons (Fsp3) is 0.0800. The molecule has 0 aliphatic carbocycles. The smallest absolute Gasteiger partial charge is 0.282 e. The molecule has 2 heterocycles. The van der Waals surface area contributed by atoms with Crippen molar-refractivity contribution < 1.29 is 13.9 Å². The van der Waals surface area contributed by atoms with E-state index in [1.807, 2.05) is 6.07 Å². The molecule has 0 saturated heterocycles. The Bertz CT molecular complexity index is 1640. The number of nitrogens with zero attached hydrogens (tertiary/aromatic N) is 3. The second kappa shape index (κ2) is 8.85. The summed E-state index contributed by atoms with van der Waals surface area (Å²) in [6.07, 6.45) is 1.46. The molecule has 9 heteroatoms. The number of benzene rings is 3. The molecule has 0 N–H and O–H groups in total. The molecule has 0 spiro atoms. The summed E-state index contributed by atoms with van der Waals surface area (Å²) in [5, 5.41) is 6.58. The second-order valence-corrected chi connectivity index (χ2v) is 8.18. The fourth-order valence-corrected chi connectivity index (χ4v) is 3.99. The van der Waals surface area contributed by atoms with E-state index in [9.17, 15) is 4.79 Å². The largest absolute Gasteiger partial charge is 0.493 e. The molecular weight excluding hydrogens is 477 g/mol. The van der Waals surface area contributed by atoms with Crippen LogP contribution in [-0.2, 0) is 0 Å². The van der Waals surface area contributed by atoms with Gasteiger partial charge in [0.05, 0.1) is 36.4 Å². The standard InChI is InChI=1S/C25H17Cl2N3O4/c1-32-21-11-15(18(27)12-22(21)33-2)13-28-30-24(29-19-6-4-3-5-17(19)25(30)31)23-10-14-9-16(26)7-8-20(14)34-23/h3-13H,1-2H3. The predicted octanol–water partition coefficient (Wildman–Crippen LogP) is 6.02. The number of fused-ring (bicyclic) bond motifs is 2. The van der Waals surface area contributed by atoms with Crippen molar-refractivity contribution in [3.63, 3.8) is 0 Å². The molecule has 0 unspecified atom stereocenters. The van der Waals surface area contributed by atoms with Gasteiger partial charge in [-0.05, 0) is 42.5 Å². The first-order valence-electron chi connectivity index (χ1n) is 10.2.